The molecule has 96 valence electrons. The van der Waals surface area contributed by atoms with Crippen LogP contribution in [-0.4, -0.2) is 33.4 Å². The SMILES string of the molecule is O=C(CSc1nc(Cl)nc2c1SCC2)NC1CC1. The third-order valence-electron chi connectivity index (χ3n) is 2.75. The molecule has 1 amide bonds. The number of hydrogen-bond donors (Lipinski definition) is 1. The van der Waals surface area contributed by atoms with Crippen molar-refractivity contribution in [2.45, 2.75) is 35.2 Å². The molecule has 1 saturated carbocycles. The molecule has 1 aromatic heterocycles. The number of carbonyl (C=O) groups is 1. The van der Waals surface area contributed by atoms with E-state index >= 15 is 0 Å². The molecular formula is C11H12ClN3OS2. The van der Waals surface area contributed by atoms with Crippen LogP contribution in [-0.2, 0) is 11.2 Å². The average molecular weight is 302 g/mol. The Morgan fingerprint density at radius 1 is 1.50 bits per heavy atom. The number of aromatic nitrogens is 2. The number of thioether (sulfide) groups is 2. The van der Waals surface area contributed by atoms with Crippen molar-refractivity contribution in [3.63, 3.8) is 0 Å². The highest BCUT2D eigenvalue weighted by Gasteiger charge is 2.24. The summed E-state index contributed by atoms with van der Waals surface area (Å²) in [6.45, 7) is 0. The summed E-state index contributed by atoms with van der Waals surface area (Å²) < 4.78 is 0. The lowest BCUT2D eigenvalue weighted by atomic mass is 10.3. The Kier molecular flexibility index (Phi) is 3.68. The highest BCUT2D eigenvalue weighted by atomic mass is 35.5. The van der Waals surface area contributed by atoms with Crippen molar-refractivity contribution in [2.75, 3.05) is 11.5 Å². The molecular weight excluding hydrogens is 290 g/mol. The maximum absolute atomic E-state index is 11.6. The quantitative estimate of drug-likeness (QED) is 0.525. The van der Waals surface area contributed by atoms with Gasteiger partial charge in [-0.3, -0.25) is 4.79 Å². The van der Waals surface area contributed by atoms with Gasteiger partial charge in [0.1, 0.15) is 5.03 Å². The standard InChI is InChI=1S/C11H12ClN3OS2/c12-11-14-7-3-4-17-9(7)10(15-11)18-5-8(16)13-6-1-2-6/h6H,1-5H2,(H,13,16). The first-order chi connectivity index (χ1) is 8.72. The third kappa shape index (κ3) is 2.92. The van der Waals surface area contributed by atoms with E-state index in [4.69, 9.17) is 11.6 Å². The third-order valence-corrected chi connectivity index (χ3v) is 5.14. The van der Waals surface area contributed by atoms with Crippen LogP contribution >= 0.6 is 35.1 Å². The smallest absolute Gasteiger partial charge is 0.230 e. The molecule has 0 bridgehead atoms. The van der Waals surface area contributed by atoms with E-state index in [0.29, 0.717) is 11.8 Å². The van der Waals surface area contributed by atoms with Crippen molar-refractivity contribution in [1.29, 1.82) is 0 Å². The molecule has 0 saturated heterocycles. The Labute approximate surface area is 119 Å². The molecule has 0 atom stereocenters. The predicted molar refractivity (Wildman–Crippen MR) is 73.4 cm³/mol. The van der Waals surface area contributed by atoms with Crippen molar-refractivity contribution in [1.82, 2.24) is 15.3 Å². The Bertz CT molecular complexity index is 493. The molecule has 3 rings (SSSR count). The Hall–Kier alpha value is -0.460. The molecule has 0 aromatic carbocycles. The van der Waals surface area contributed by atoms with Gasteiger partial charge in [0.25, 0.3) is 0 Å². The van der Waals surface area contributed by atoms with Gasteiger partial charge in [-0.1, -0.05) is 11.8 Å². The lowest BCUT2D eigenvalue weighted by Gasteiger charge is -2.06. The monoisotopic (exact) mass is 301 g/mol. The summed E-state index contributed by atoms with van der Waals surface area (Å²) in [4.78, 5) is 21.2. The number of carbonyl (C=O) groups excluding carboxylic acids is 1. The fraction of sp³-hybridized carbons (Fsp3) is 0.545. The van der Waals surface area contributed by atoms with E-state index in [1.54, 1.807) is 11.8 Å². The van der Waals surface area contributed by atoms with E-state index in [1.165, 1.54) is 11.8 Å². The predicted octanol–water partition coefficient (Wildman–Crippen LogP) is 2.15. The zero-order valence-electron chi connectivity index (χ0n) is 9.61. The Balaban J connectivity index is 1.66. The second-order valence-corrected chi connectivity index (χ2v) is 6.71. The van der Waals surface area contributed by atoms with Gasteiger partial charge in [0.15, 0.2) is 0 Å². The molecule has 1 aromatic rings. The van der Waals surface area contributed by atoms with Crippen molar-refractivity contribution in [3.8, 4) is 0 Å². The number of nitrogens with one attached hydrogen (secondary N) is 1. The second-order valence-electron chi connectivity index (χ2n) is 4.30. The average Bonchev–Trinajstić information content (AvgIpc) is 3.01. The number of halogens is 1. The molecule has 0 unspecified atom stereocenters. The van der Waals surface area contributed by atoms with E-state index in [0.717, 1.165) is 40.6 Å². The molecule has 2 heterocycles. The molecule has 1 aliphatic carbocycles. The first-order valence-electron chi connectivity index (χ1n) is 5.84. The first kappa shape index (κ1) is 12.6. The normalized spacial score (nSPS) is 17.6. The van der Waals surface area contributed by atoms with Crippen LogP contribution in [0.2, 0.25) is 5.28 Å². The summed E-state index contributed by atoms with van der Waals surface area (Å²) in [5, 5.41) is 4.09. The fourth-order valence-electron chi connectivity index (χ4n) is 1.74. The lowest BCUT2D eigenvalue weighted by molar-refractivity contribution is -0.118. The summed E-state index contributed by atoms with van der Waals surface area (Å²) in [7, 11) is 0. The maximum Gasteiger partial charge on any atom is 0.230 e. The summed E-state index contributed by atoms with van der Waals surface area (Å²) in [5.41, 5.74) is 1.02. The van der Waals surface area contributed by atoms with Gasteiger partial charge in [-0.2, -0.15) is 0 Å². The van der Waals surface area contributed by atoms with E-state index in [9.17, 15) is 4.79 Å². The highest BCUT2D eigenvalue weighted by molar-refractivity contribution is 8.02. The van der Waals surface area contributed by atoms with Crippen LogP contribution < -0.4 is 5.32 Å². The minimum Gasteiger partial charge on any atom is -0.353 e. The van der Waals surface area contributed by atoms with Crippen molar-refractivity contribution in [2.24, 2.45) is 0 Å². The van der Waals surface area contributed by atoms with E-state index < -0.39 is 0 Å². The molecule has 4 nitrogen and oxygen atoms in total. The first-order valence-corrected chi connectivity index (χ1v) is 8.18. The molecule has 1 fully saturated rings. The van der Waals surface area contributed by atoms with Gasteiger partial charge in [-0.15, -0.1) is 11.8 Å². The summed E-state index contributed by atoms with van der Waals surface area (Å²) in [5.74, 6) is 1.50. The summed E-state index contributed by atoms with van der Waals surface area (Å²) in [6.07, 6.45) is 3.16. The molecule has 0 spiro atoms. The molecule has 2 aliphatic rings. The van der Waals surface area contributed by atoms with Crippen LogP contribution in [0, 0.1) is 0 Å². The zero-order valence-corrected chi connectivity index (χ0v) is 12.0. The van der Waals surface area contributed by atoms with Gasteiger partial charge in [0.05, 0.1) is 16.3 Å². The second kappa shape index (κ2) is 5.27. The van der Waals surface area contributed by atoms with Crippen LogP contribution in [0.15, 0.2) is 9.92 Å². The minimum atomic E-state index is 0.0778. The van der Waals surface area contributed by atoms with Gasteiger partial charge in [0.2, 0.25) is 11.2 Å². The van der Waals surface area contributed by atoms with Crippen LogP contribution in [0.25, 0.3) is 0 Å². The highest BCUT2D eigenvalue weighted by Crippen LogP contribution is 2.37. The van der Waals surface area contributed by atoms with E-state index in [-0.39, 0.29) is 11.2 Å². The number of hydrogen-bond acceptors (Lipinski definition) is 5. The number of aryl methyl sites for hydroxylation is 1. The van der Waals surface area contributed by atoms with E-state index in [1.807, 2.05) is 0 Å². The zero-order chi connectivity index (χ0) is 12.5. The van der Waals surface area contributed by atoms with Gasteiger partial charge in [-0.05, 0) is 24.4 Å². The van der Waals surface area contributed by atoms with Gasteiger partial charge >= 0.3 is 0 Å². The lowest BCUT2D eigenvalue weighted by Crippen LogP contribution is -2.27. The summed E-state index contributed by atoms with van der Waals surface area (Å²) in [6, 6.07) is 0.409. The number of fused-ring (bicyclic) bond motifs is 1. The molecule has 7 heteroatoms. The number of rotatable bonds is 4. The van der Waals surface area contributed by atoms with Crippen molar-refractivity contribution >= 4 is 41.0 Å². The van der Waals surface area contributed by atoms with Gasteiger partial charge in [-0.25, -0.2) is 9.97 Å². The number of amides is 1. The summed E-state index contributed by atoms with van der Waals surface area (Å²) >= 11 is 9.09. The van der Waals surface area contributed by atoms with Crippen molar-refractivity contribution in [3.05, 3.63) is 11.0 Å². The topological polar surface area (TPSA) is 54.9 Å². The largest absolute Gasteiger partial charge is 0.353 e. The molecule has 18 heavy (non-hydrogen) atoms. The Morgan fingerprint density at radius 2 is 2.33 bits per heavy atom. The van der Waals surface area contributed by atoms with Crippen LogP contribution in [0.1, 0.15) is 18.5 Å². The minimum absolute atomic E-state index is 0.0778. The van der Waals surface area contributed by atoms with Gasteiger partial charge in [0, 0.05) is 18.2 Å². The van der Waals surface area contributed by atoms with Gasteiger partial charge < -0.3 is 5.32 Å². The maximum atomic E-state index is 11.6. The number of nitrogens with zero attached hydrogens (tertiary/aromatic N) is 2. The van der Waals surface area contributed by atoms with E-state index in [2.05, 4.69) is 15.3 Å². The van der Waals surface area contributed by atoms with Crippen LogP contribution in [0.4, 0.5) is 0 Å². The van der Waals surface area contributed by atoms with Crippen molar-refractivity contribution < 1.29 is 4.79 Å². The molecule has 1 N–H and O–H groups in total. The Morgan fingerprint density at radius 3 is 3.11 bits per heavy atom. The fourth-order valence-corrected chi connectivity index (χ4v) is 4.06. The van der Waals surface area contributed by atoms with Crippen LogP contribution in [0.3, 0.4) is 0 Å². The molecule has 0 radical (unpaired) electrons. The van der Waals surface area contributed by atoms with Crippen LogP contribution in [0.5, 0.6) is 0 Å². The molecule has 1 aliphatic heterocycles.